The standard InChI is InChI=1S/C12H17NO4S/c1-16-9-3-2-4-10(12(9)15)17-7-6-13-11(14)5-8-18/h2-4,15,18H,5-8H2,1H3,(H,13,14). The van der Waals surface area contributed by atoms with Gasteiger partial charge in [0.15, 0.2) is 11.5 Å². The van der Waals surface area contributed by atoms with Gasteiger partial charge < -0.3 is 19.9 Å². The number of hydrogen-bond acceptors (Lipinski definition) is 5. The number of nitrogens with one attached hydrogen (secondary N) is 1. The maximum absolute atomic E-state index is 11.1. The lowest BCUT2D eigenvalue weighted by molar-refractivity contribution is -0.120. The highest BCUT2D eigenvalue weighted by molar-refractivity contribution is 7.80. The van der Waals surface area contributed by atoms with Crippen LogP contribution < -0.4 is 14.8 Å². The van der Waals surface area contributed by atoms with Crippen LogP contribution in [0.4, 0.5) is 0 Å². The van der Waals surface area contributed by atoms with Crippen LogP contribution in [0.1, 0.15) is 6.42 Å². The number of phenols is 1. The van der Waals surface area contributed by atoms with Gasteiger partial charge in [0, 0.05) is 6.42 Å². The summed E-state index contributed by atoms with van der Waals surface area (Å²) in [6.07, 6.45) is 0.382. The van der Waals surface area contributed by atoms with Crippen molar-refractivity contribution in [1.82, 2.24) is 5.32 Å². The van der Waals surface area contributed by atoms with Crippen molar-refractivity contribution >= 4 is 18.5 Å². The summed E-state index contributed by atoms with van der Waals surface area (Å²) < 4.78 is 10.3. The number of amides is 1. The third kappa shape index (κ3) is 4.37. The largest absolute Gasteiger partial charge is 0.502 e. The van der Waals surface area contributed by atoms with E-state index in [1.54, 1.807) is 18.2 Å². The van der Waals surface area contributed by atoms with Gasteiger partial charge in [-0.2, -0.15) is 12.6 Å². The summed E-state index contributed by atoms with van der Waals surface area (Å²) in [6.45, 7) is 0.655. The van der Waals surface area contributed by atoms with Gasteiger partial charge >= 0.3 is 0 Å². The quantitative estimate of drug-likeness (QED) is 0.515. The Balaban J connectivity index is 2.38. The normalized spacial score (nSPS) is 9.89. The van der Waals surface area contributed by atoms with Crippen LogP contribution in [0.5, 0.6) is 17.2 Å². The highest BCUT2D eigenvalue weighted by Crippen LogP contribution is 2.35. The van der Waals surface area contributed by atoms with Crippen molar-refractivity contribution < 1.29 is 19.4 Å². The van der Waals surface area contributed by atoms with E-state index in [-0.39, 0.29) is 18.3 Å². The van der Waals surface area contributed by atoms with Gasteiger partial charge in [-0.3, -0.25) is 4.79 Å². The second kappa shape index (κ2) is 7.71. The second-order valence-electron chi connectivity index (χ2n) is 3.48. The molecule has 5 nitrogen and oxygen atoms in total. The zero-order valence-corrected chi connectivity index (χ0v) is 11.1. The predicted octanol–water partition coefficient (Wildman–Crippen LogP) is 1.22. The smallest absolute Gasteiger partial charge is 0.220 e. The zero-order chi connectivity index (χ0) is 13.4. The van der Waals surface area contributed by atoms with E-state index >= 15 is 0 Å². The average molecular weight is 271 g/mol. The number of aromatic hydroxyl groups is 1. The summed E-state index contributed by atoms with van der Waals surface area (Å²) in [5.74, 6) is 1.10. The summed E-state index contributed by atoms with van der Waals surface area (Å²) in [6, 6.07) is 4.98. The molecule has 0 radical (unpaired) electrons. The van der Waals surface area contributed by atoms with Gasteiger partial charge in [-0.05, 0) is 17.9 Å². The first-order valence-corrected chi connectivity index (χ1v) is 6.18. The molecule has 0 spiro atoms. The number of carbonyl (C=O) groups excluding carboxylic acids is 1. The molecule has 0 unspecified atom stereocenters. The lowest BCUT2D eigenvalue weighted by Gasteiger charge is -2.10. The SMILES string of the molecule is COc1cccc(OCCNC(=O)CCS)c1O. The molecule has 0 saturated carbocycles. The first-order chi connectivity index (χ1) is 8.69. The number of ether oxygens (including phenoxy) is 2. The molecule has 0 aromatic heterocycles. The predicted molar refractivity (Wildman–Crippen MR) is 71.6 cm³/mol. The molecule has 0 bridgehead atoms. The maximum Gasteiger partial charge on any atom is 0.220 e. The molecule has 1 amide bonds. The Morgan fingerprint density at radius 3 is 2.83 bits per heavy atom. The van der Waals surface area contributed by atoms with Gasteiger partial charge in [0.05, 0.1) is 13.7 Å². The van der Waals surface area contributed by atoms with Crippen LogP contribution in [0.25, 0.3) is 0 Å². The molecule has 0 atom stereocenters. The van der Waals surface area contributed by atoms with E-state index in [0.717, 1.165) is 0 Å². The molecule has 0 aliphatic rings. The van der Waals surface area contributed by atoms with E-state index < -0.39 is 0 Å². The van der Waals surface area contributed by atoms with E-state index in [1.807, 2.05) is 0 Å². The van der Waals surface area contributed by atoms with E-state index in [2.05, 4.69) is 17.9 Å². The van der Waals surface area contributed by atoms with Gasteiger partial charge in [-0.1, -0.05) is 6.07 Å². The Kier molecular flexibility index (Phi) is 6.21. The molecule has 0 aliphatic carbocycles. The number of methoxy groups -OCH3 is 1. The number of phenolic OH excluding ortho intramolecular Hbond substituents is 1. The van der Waals surface area contributed by atoms with Crippen molar-refractivity contribution in [3.8, 4) is 17.2 Å². The molecule has 0 saturated heterocycles. The van der Waals surface area contributed by atoms with E-state index in [4.69, 9.17) is 9.47 Å². The average Bonchev–Trinajstić information content (AvgIpc) is 2.36. The first kappa shape index (κ1) is 14.5. The minimum Gasteiger partial charge on any atom is -0.502 e. The van der Waals surface area contributed by atoms with Gasteiger partial charge in [0.25, 0.3) is 0 Å². The van der Waals surface area contributed by atoms with Crippen molar-refractivity contribution in [2.75, 3.05) is 26.0 Å². The molecule has 100 valence electrons. The lowest BCUT2D eigenvalue weighted by atomic mass is 10.3. The lowest BCUT2D eigenvalue weighted by Crippen LogP contribution is -2.28. The van der Waals surface area contributed by atoms with Gasteiger partial charge in [-0.15, -0.1) is 0 Å². The molecule has 2 N–H and O–H groups in total. The number of carbonyl (C=O) groups is 1. The van der Waals surface area contributed by atoms with Crippen LogP contribution in [0.2, 0.25) is 0 Å². The van der Waals surface area contributed by atoms with Gasteiger partial charge in [-0.25, -0.2) is 0 Å². The van der Waals surface area contributed by atoms with E-state index in [9.17, 15) is 9.90 Å². The van der Waals surface area contributed by atoms with Crippen LogP contribution >= 0.6 is 12.6 Å². The van der Waals surface area contributed by atoms with E-state index in [1.165, 1.54) is 7.11 Å². The molecule has 1 rings (SSSR count). The van der Waals surface area contributed by atoms with Crippen molar-refractivity contribution in [3.63, 3.8) is 0 Å². The fraction of sp³-hybridized carbons (Fsp3) is 0.417. The van der Waals surface area contributed by atoms with E-state index in [0.29, 0.717) is 30.2 Å². The van der Waals surface area contributed by atoms with Crippen molar-refractivity contribution in [3.05, 3.63) is 18.2 Å². The topological polar surface area (TPSA) is 67.8 Å². The number of thiol groups is 1. The molecular weight excluding hydrogens is 254 g/mol. The highest BCUT2D eigenvalue weighted by Gasteiger charge is 2.08. The summed E-state index contributed by atoms with van der Waals surface area (Å²) in [4.78, 5) is 11.1. The Labute approximate surface area is 112 Å². The molecule has 6 heteroatoms. The summed E-state index contributed by atoms with van der Waals surface area (Å²) >= 11 is 3.96. The Bertz CT molecular complexity index is 398. The minimum atomic E-state index is -0.0662. The Morgan fingerprint density at radius 2 is 2.17 bits per heavy atom. The molecular formula is C12H17NO4S. The van der Waals surface area contributed by atoms with Crippen LogP contribution in [0, 0.1) is 0 Å². The summed E-state index contributed by atoms with van der Waals surface area (Å²) in [7, 11) is 1.47. The van der Waals surface area contributed by atoms with Crippen LogP contribution in [0.15, 0.2) is 18.2 Å². The van der Waals surface area contributed by atoms with Crippen LogP contribution in [-0.2, 0) is 4.79 Å². The summed E-state index contributed by atoms with van der Waals surface area (Å²) in [5, 5.41) is 12.4. The number of benzene rings is 1. The minimum absolute atomic E-state index is 0.0401. The molecule has 18 heavy (non-hydrogen) atoms. The van der Waals surface area contributed by atoms with Crippen LogP contribution in [-0.4, -0.2) is 37.0 Å². The Hall–Kier alpha value is -1.56. The fourth-order valence-corrected chi connectivity index (χ4v) is 1.53. The number of rotatable bonds is 7. The molecule has 1 aromatic carbocycles. The van der Waals surface area contributed by atoms with Gasteiger partial charge in [0.2, 0.25) is 11.7 Å². The van der Waals surface area contributed by atoms with Gasteiger partial charge in [0.1, 0.15) is 6.61 Å². The Morgan fingerprint density at radius 1 is 1.44 bits per heavy atom. The zero-order valence-electron chi connectivity index (χ0n) is 10.2. The molecule has 0 aliphatic heterocycles. The maximum atomic E-state index is 11.1. The van der Waals surface area contributed by atoms with Crippen LogP contribution in [0.3, 0.4) is 0 Å². The third-order valence-electron chi connectivity index (χ3n) is 2.20. The second-order valence-corrected chi connectivity index (χ2v) is 3.93. The molecule has 0 heterocycles. The summed E-state index contributed by atoms with van der Waals surface area (Å²) in [5.41, 5.74) is 0. The molecule has 0 fully saturated rings. The number of hydrogen-bond donors (Lipinski definition) is 3. The molecule has 1 aromatic rings. The first-order valence-electron chi connectivity index (χ1n) is 5.55. The van der Waals surface area contributed by atoms with Crippen molar-refractivity contribution in [2.24, 2.45) is 0 Å². The number of para-hydroxylation sites is 1. The fourth-order valence-electron chi connectivity index (χ4n) is 1.32. The monoisotopic (exact) mass is 271 g/mol. The third-order valence-corrected chi connectivity index (χ3v) is 2.43. The van der Waals surface area contributed by atoms with Crippen molar-refractivity contribution in [1.29, 1.82) is 0 Å². The van der Waals surface area contributed by atoms with Crippen molar-refractivity contribution in [2.45, 2.75) is 6.42 Å². The highest BCUT2D eigenvalue weighted by atomic mass is 32.1.